The van der Waals surface area contributed by atoms with Gasteiger partial charge in [0.25, 0.3) is 0 Å². The van der Waals surface area contributed by atoms with Gasteiger partial charge in [-0.3, -0.25) is 4.68 Å². The molecule has 0 amide bonds. The van der Waals surface area contributed by atoms with Crippen molar-refractivity contribution in [1.29, 1.82) is 0 Å². The number of hydrogen-bond donors (Lipinski definition) is 1. The standard InChI is InChI=1S/C16H13BrFN3/c17-15-7-13(18)6-5-11(15)9-21-10-12(8-20-21)14-3-1-2-4-16(14)19/h1-8,10H,9,19H2. The van der Waals surface area contributed by atoms with Crippen molar-refractivity contribution in [2.45, 2.75) is 6.54 Å². The van der Waals surface area contributed by atoms with Crippen LogP contribution in [0.15, 0.2) is 59.3 Å². The first-order valence-electron chi connectivity index (χ1n) is 6.45. The van der Waals surface area contributed by atoms with Crippen molar-refractivity contribution in [3.05, 3.63) is 70.7 Å². The van der Waals surface area contributed by atoms with Crippen LogP contribution in [0.2, 0.25) is 0 Å². The molecule has 3 rings (SSSR count). The molecule has 3 nitrogen and oxygen atoms in total. The topological polar surface area (TPSA) is 43.8 Å². The van der Waals surface area contributed by atoms with Crippen molar-refractivity contribution in [2.24, 2.45) is 0 Å². The molecule has 5 heteroatoms. The first-order valence-corrected chi connectivity index (χ1v) is 7.24. The van der Waals surface area contributed by atoms with Crippen molar-refractivity contribution in [2.75, 3.05) is 5.73 Å². The zero-order valence-corrected chi connectivity index (χ0v) is 12.7. The van der Waals surface area contributed by atoms with E-state index >= 15 is 0 Å². The van der Waals surface area contributed by atoms with Crippen LogP contribution in [-0.4, -0.2) is 9.78 Å². The number of para-hydroxylation sites is 1. The highest BCUT2D eigenvalue weighted by Crippen LogP contribution is 2.25. The molecule has 1 aromatic heterocycles. The molecule has 2 N–H and O–H groups in total. The fourth-order valence-corrected chi connectivity index (χ4v) is 2.65. The highest BCUT2D eigenvalue weighted by Gasteiger charge is 2.07. The molecule has 0 saturated heterocycles. The number of benzene rings is 2. The molecule has 0 bridgehead atoms. The van der Waals surface area contributed by atoms with Gasteiger partial charge in [0.05, 0.1) is 12.7 Å². The van der Waals surface area contributed by atoms with Gasteiger partial charge in [-0.2, -0.15) is 5.10 Å². The Morgan fingerprint density at radius 3 is 2.76 bits per heavy atom. The lowest BCUT2D eigenvalue weighted by molar-refractivity contribution is 0.623. The summed E-state index contributed by atoms with van der Waals surface area (Å²) in [7, 11) is 0. The lowest BCUT2D eigenvalue weighted by atomic mass is 10.1. The average Bonchev–Trinajstić information content (AvgIpc) is 2.91. The number of anilines is 1. The van der Waals surface area contributed by atoms with Gasteiger partial charge in [0.15, 0.2) is 0 Å². The Balaban J connectivity index is 1.87. The Morgan fingerprint density at radius 2 is 2.00 bits per heavy atom. The van der Waals surface area contributed by atoms with Gasteiger partial charge in [0, 0.05) is 27.5 Å². The minimum Gasteiger partial charge on any atom is -0.398 e. The van der Waals surface area contributed by atoms with E-state index in [0.717, 1.165) is 26.9 Å². The van der Waals surface area contributed by atoms with E-state index in [4.69, 9.17) is 5.73 Å². The fraction of sp³-hybridized carbons (Fsp3) is 0.0625. The van der Waals surface area contributed by atoms with Gasteiger partial charge in [-0.1, -0.05) is 40.2 Å². The largest absolute Gasteiger partial charge is 0.398 e. The van der Waals surface area contributed by atoms with E-state index in [1.807, 2.05) is 30.5 Å². The SMILES string of the molecule is Nc1ccccc1-c1cnn(Cc2ccc(F)cc2Br)c1. The first kappa shape index (κ1) is 13.8. The van der Waals surface area contributed by atoms with Crippen molar-refractivity contribution in [3.63, 3.8) is 0 Å². The maximum atomic E-state index is 13.1. The van der Waals surface area contributed by atoms with Crippen molar-refractivity contribution < 1.29 is 4.39 Å². The third-order valence-electron chi connectivity index (χ3n) is 3.25. The third kappa shape index (κ3) is 2.97. The summed E-state index contributed by atoms with van der Waals surface area (Å²) in [5.74, 6) is -0.260. The minimum atomic E-state index is -0.260. The van der Waals surface area contributed by atoms with Gasteiger partial charge in [-0.05, 0) is 23.8 Å². The molecule has 1 heterocycles. The smallest absolute Gasteiger partial charge is 0.124 e. The van der Waals surface area contributed by atoms with Gasteiger partial charge in [-0.25, -0.2) is 4.39 Å². The van der Waals surface area contributed by atoms with E-state index in [1.54, 1.807) is 16.9 Å². The zero-order valence-electron chi connectivity index (χ0n) is 11.1. The molecule has 0 spiro atoms. The molecule has 2 aromatic carbocycles. The van der Waals surface area contributed by atoms with Gasteiger partial charge in [0.2, 0.25) is 0 Å². The fourth-order valence-electron chi connectivity index (χ4n) is 2.17. The van der Waals surface area contributed by atoms with Crippen LogP contribution in [0.25, 0.3) is 11.1 Å². The quantitative estimate of drug-likeness (QED) is 0.726. The molecule has 0 aliphatic rings. The highest BCUT2D eigenvalue weighted by atomic mass is 79.9. The van der Waals surface area contributed by atoms with Crippen molar-refractivity contribution in [3.8, 4) is 11.1 Å². The number of nitrogens with two attached hydrogens (primary N) is 1. The summed E-state index contributed by atoms with van der Waals surface area (Å²) in [5.41, 5.74) is 9.58. The number of aromatic nitrogens is 2. The maximum Gasteiger partial charge on any atom is 0.124 e. The number of halogens is 2. The number of hydrogen-bond acceptors (Lipinski definition) is 2. The molecule has 0 atom stereocenters. The Bertz CT molecular complexity index is 783. The molecule has 3 aromatic rings. The van der Waals surface area contributed by atoms with E-state index in [2.05, 4.69) is 21.0 Å². The summed E-state index contributed by atoms with van der Waals surface area (Å²) in [4.78, 5) is 0. The second kappa shape index (κ2) is 5.69. The molecule has 21 heavy (non-hydrogen) atoms. The minimum absolute atomic E-state index is 0.260. The van der Waals surface area contributed by atoms with Gasteiger partial charge in [0.1, 0.15) is 5.82 Å². The van der Waals surface area contributed by atoms with Crippen molar-refractivity contribution >= 4 is 21.6 Å². The van der Waals surface area contributed by atoms with Crippen LogP contribution in [-0.2, 0) is 6.54 Å². The summed E-state index contributed by atoms with van der Waals surface area (Å²) in [6.45, 7) is 0.563. The van der Waals surface area contributed by atoms with Crippen LogP contribution in [0.3, 0.4) is 0 Å². The number of rotatable bonds is 3. The molecule has 0 aliphatic heterocycles. The van der Waals surface area contributed by atoms with Gasteiger partial charge < -0.3 is 5.73 Å². The molecule has 0 fully saturated rings. The molecule has 0 saturated carbocycles. The predicted octanol–water partition coefficient (Wildman–Crippen LogP) is 4.08. The van der Waals surface area contributed by atoms with Crippen LogP contribution >= 0.6 is 15.9 Å². The van der Waals surface area contributed by atoms with Crippen LogP contribution in [0.4, 0.5) is 10.1 Å². The first-order chi connectivity index (χ1) is 10.1. The zero-order chi connectivity index (χ0) is 14.8. The van der Waals surface area contributed by atoms with Gasteiger partial charge >= 0.3 is 0 Å². The Morgan fingerprint density at radius 1 is 1.19 bits per heavy atom. The van der Waals surface area contributed by atoms with E-state index in [9.17, 15) is 4.39 Å². The van der Waals surface area contributed by atoms with E-state index in [1.165, 1.54) is 12.1 Å². The monoisotopic (exact) mass is 345 g/mol. The number of nitrogen functional groups attached to an aromatic ring is 1. The molecule has 0 radical (unpaired) electrons. The number of nitrogens with zero attached hydrogens (tertiary/aromatic N) is 2. The summed E-state index contributed by atoms with van der Waals surface area (Å²) in [6, 6.07) is 12.3. The van der Waals surface area contributed by atoms with Crippen LogP contribution in [0.1, 0.15) is 5.56 Å². The second-order valence-electron chi connectivity index (χ2n) is 4.75. The molecule has 0 aliphatic carbocycles. The normalized spacial score (nSPS) is 10.8. The van der Waals surface area contributed by atoms with Crippen molar-refractivity contribution in [1.82, 2.24) is 9.78 Å². The second-order valence-corrected chi connectivity index (χ2v) is 5.60. The maximum absolute atomic E-state index is 13.1. The lowest BCUT2D eigenvalue weighted by Crippen LogP contribution is -2.00. The molecular formula is C16H13BrFN3. The highest BCUT2D eigenvalue weighted by molar-refractivity contribution is 9.10. The van der Waals surface area contributed by atoms with Crippen LogP contribution in [0, 0.1) is 5.82 Å². The van der Waals surface area contributed by atoms with E-state index < -0.39 is 0 Å². The van der Waals surface area contributed by atoms with E-state index in [-0.39, 0.29) is 5.82 Å². The third-order valence-corrected chi connectivity index (χ3v) is 3.99. The summed E-state index contributed by atoms with van der Waals surface area (Å²) in [5, 5.41) is 4.34. The Hall–Kier alpha value is -2.14. The summed E-state index contributed by atoms with van der Waals surface area (Å²) in [6.07, 6.45) is 3.71. The summed E-state index contributed by atoms with van der Waals surface area (Å²) < 4.78 is 15.6. The van der Waals surface area contributed by atoms with Crippen LogP contribution in [0.5, 0.6) is 0 Å². The van der Waals surface area contributed by atoms with Gasteiger partial charge in [-0.15, -0.1) is 0 Å². The summed E-state index contributed by atoms with van der Waals surface area (Å²) >= 11 is 3.37. The van der Waals surface area contributed by atoms with Crippen LogP contribution < -0.4 is 5.73 Å². The molecule has 0 unspecified atom stereocenters. The Labute approximate surface area is 130 Å². The lowest BCUT2D eigenvalue weighted by Gasteiger charge is -2.05. The predicted molar refractivity (Wildman–Crippen MR) is 85.3 cm³/mol. The average molecular weight is 346 g/mol. The molecular weight excluding hydrogens is 333 g/mol. The van der Waals surface area contributed by atoms with E-state index in [0.29, 0.717) is 6.54 Å². The molecule has 106 valence electrons. The Kier molecular flexibility index (Phi) is 3.75.